The lowest BCUT2D eigenvalue weighted by Crippen LogP contribution is -2.40. The largest absolute Gasteiger partial charge is 0.488 e. The Balaban J connectivity index is 2.12. The van der Waals surface area contributed by atoms with E-state index in [4.69, 9.17) is 9.84 Å². The number of benzene rings is 1. The van der Waals surface area contributed by atoms with Gasteiger partial charge in [-0.25, -0.2) is 4.39 Å². The molecule has 1 aromatic carbocycles. The third kappa shape index (κ3) is 3.17. The predicted molar refractivity (Wildman–Crippen MR) is 73.7 cm³/mol. The summed E-state index contributed by atoms with van der Waals surface area (Å²) in [5.74, 6) is -0.0891. The number of ether oxygens (including phenoxy) is 1. The Morgan fingerprint density at radius 3 is 2.95 bits per heavy atom. The van der Waals surface area contributed by atoms with E-state index < -0.39 is 0 Å². The van der Waals surface area contributed by atoms with Crippen molar-refractivity contribution in [3.8, 4) is 5.75 Å². The third-order valence-corrected chi connectivity index (χ3v) is 3.48. The van der Waals surface area contributed by atoms with Gasteiger partial charge in [0.15, 0.2) is 0 Å². The van der Waals surface area contributed by atoms with Crippen LogP contribution >= 0.6 is 0 Å². The van der Waals surface area contributed by atoms with Crippen LogP contribution in [-0.2, 0) is 4.79 Å². The molecule has 1 aromatic rings. The smallest absolute Gasteiger partial charge is 0.250 e. The molecule has 1 amide bonds. The van der Waals surface area contributed by atoms with Gasteiger partial charge in [0.05, 0.1) is 5.57 Å². The molecule has 20 heavy (non-hydrogen) atoms. The molecular formula is C15H18FNO3. The highest BCUT2D eigenvalue weighted by Crippen LogP contribution is 2.27. The summed E-state index contributed by atoms with van der Waals surface area (Å²) in [6.07, 6.45) is 1.63. The number of nitrogens with one attached hydrogen (secondary N) is 1. The molecule has 1 aliphatic heterocycles. The molecule has 1 aliphatic rings. The summed E-state index contributed by atoms with van der Waals surface area (Å²) >= 11 is 0. The van der Waals surface area contributed by atoms with E-state index in [-0.39, 0.29) is 36.9 Å². The zero-order chi connectivity index (χ0) is 14.7. The lowest BCUT2D eigenvalue weighted by atomic mass is 10.0. The maximum atomic E-state index is 13.2. The highest BCUT2D eigenvalue weighted by atomic mass is 19.1. The second-order valence-corrected chi connectivity index (χ2v) is 5.06. The van der Waals surface area contributed by atoms with Gasteiger partial charge in [0, 0.05) is 18.2 Å². The van der Waals surface area contributed by atoms with E-state index in [2.05, 4.69) is 5.32 Å². The van der Waals surface area contributed by atoms with Gasteiger partial charge in [-0.3, -0.25) is 4.79 Å². The maximum absolute atomic E-state index is 13.2. The zero-order valence-corrected chi connectivity index (χ0v) is 11.5. The molecule has 0 fully saturated rings. The first-order valence-electron chi connectivity index (χ1n) is 6.56. The van der Waals surface area contributed by atoms with Crippen LogP contribution in [0.15, 0.2) is 23.8 Å². The summed E-state index contributed by atoms with van der Waals surface area (Å²) in [4.78, 5) is 12.1. The number of carbonyl (C=O) groups is 1. The SMILES string of the molecule is CC(CO)C(C)NC(=O)C1=Cc2cc(F)ccc2OC1. The third-order valence-electron chi connectivity index (χ3n) is 3.48. The fraction of sp³-hybridized carbons (Fsp3) is 0.400. The average molecular weight is 279 g/mol. The minimum absolute atomic E-state index is 0.00500. The molecule has 2 rings (SSSR count). The highest BCUT2D eigenvalue weighted by molar-refractivity contribution is 5.99. The fourth-order valence-corrected chi connectivity index (χ4v) is 1.88. The van der Waals surface area contributed by atoms with E-state index >= 15 is 0 Å². The van der Waals surface area contributed by atoms with Crippen LogP contribution in [0, 0.1) is 11.7 Å². The van der Waals surface area contributed by atoms with Crippen molar-refractivity contribution in [3.63, 3.8) is 0 Å². The minimum atomic E-state index is -0.368. The van der Waals surface area contributed by atoms with Crippen LogP contribution in [0.25, 0.3) is 6.08 Å². The first-order chi connectivity index (χ1) is 9.51. The molecule has 4 nitrogen and oxygen atoms in total. The average Bonchev–Trinajstić information content (AvgIpc) is 2.45. The molecular weight excluding hydrogens is 261 g/mol. The molecule has 2 N–H and O–H groups in total. The van der Waals surface area contributed by atoms with Crippen LogP contribution < -0.4 is 10.1 Å². The van der Waals surface area contributed by atoms with Crippen LogP contribution in [0.5, 0.6) is 5.75 Å². The number of amides is 1. The topological polar surface area (TPSA) is 58.6 Å². The van der Waals surface area contributed by atoms with E-state index in [1.54, 1.807) is 12.1 Å². The Bertz CT molecular complexity index is 542. The lowest BCUT2D eigenvalue weighted by Gasteiger charge is -2.22. The summed E-state index contributed by atoms with van der Waals surface area (Å²) in [6.45, 7) is 3.84. The molecule has 1 heterocycles. The molecule has 0 saturated carbocycles. The molecule has 0 spiro atoms. The van der Waals surface area contributed by atoms with Gasteiger partial charge in [-0.2, -0.15) is 0 Å². The monoisotopic (exact) mass is 279 g/mol. The van der Waals surface area contributed by atoms with Crippen LogP contribution in [0.4, 0.5) is 4.39 Å². The Labute approximate surface area is 117 Å². The molecule has 0 bridgehead atoms. The molecule has 0 aromatic heterocycles. The summed E-state index contributed by atoms with van der Waals surface area (Å²) in [5, 5.41) is 11.9. The van der Waals surface area contributed by atoms with Gasteiger partial charge in [-0.15, -0.1) is 0 Å². The van der Waals surface area contributed by atoms with Gasteiger partial charge >= 0.3 is 0 Å². The molecule has 2 atom stereocenters. The Hall–Kier alpha value is -1.88. The minimum Gasteiger partial charge on any atom is -0.488 e. The van der Waals surface area contributed by atoms with Crippen molar-refractivity contribution in [2.45, 2.75) is 19.9 Å². The Morgan fingerprint density at radius 1 is 1.50 bits per heavy atom. The van der Waals surface area contributed by atoms with E-state index in [0.717, 1.165) is 0 Å². The molecule has 2 unspecified atom stereocenters. The number of fused-ring (bicyclic) bond motifs is 1. The van der Waals surface area contributed by atoms with Crippen molar-refractivity contribution in [3.05, 3.63) is 35.2 Å². The Kier molecular flexibility index (Phi) is 4.39. The van der Waals surface area contributed by atoms with Gasteiger partial charge < -0.3 is 15.2 Å². The second-order valence-electron chi connectivity index (χ2n) is 5.06. The number of aliphatic hydroxyl groups is 1. The van der Waals surface area contributed by atoms with E-state index in [9.17, 15) is 9.18 Å². The van der Waals surface area contributed by atoms with Gasteiger partial charge in [-0.05, 0) is 37.1 Å². The van der Waals surface area contributed by atoms with Gasteiger partial charge in [-0.1, -0.05) is 6.92 Å². The van der Waals surface area contributed by atoms with Crippen molar-refractivity contribution in [1.29, 1.82) is 0 Å². The Morgan fingerprint density at radius 2 is 2.25 bits per heavy atom. The number of hydrogen-bond acceptors (Lipinski definition) is 3. The number of aliphatic hydroxyl groups excluding tert-OH is 1. The highest BCUT2D eigenvalue weighted by Gasteiger charge is 2.20. The quantitative estimate of drug-likeness (QED) is 0.882. The van der Waals surface area contributed by atoms with Gasteiger partial charge in [0.25, 0.3) is 5.91 Å². The molecule has 0 saturated heterocycles. The van der Waals surface area contributed by atoms with E-state index in [0.29, 0.717) is 16.9 Å². The summed E-state index contributed by atoms with van der Waals surface area (Å²) < 4.78 is 18.6. The van der Waals surface area contributed by atoms with E-state index in [1.165, 1.54) is 12.1 Å². The maximum Gasteiger partial charge on any atom is 0.250 e. The van der Waals surface area contributed by atoms with E-state index in [1.807, 2.05) is 13.8 Å². The van der Waals surface area contributed by atoms with Crippen molar-refractivity contribution in [2.24, 2.45) is 5.92 Å². The van der Waals surface area contributed by atoms with Crippen LogP contribution in [0.3, 0.4) is 0 Å². The second kappa shape index (κ2) is 6.05. The van der Waals surface area contributed by atoms with Crippen LogP contribution in [-0.4, -0.2) is 30.3 Å². The van der Waals surface area contributed by atoms with Gasteiger partial charge in [0.1, 0.15) is 18.2 Å². The van der Waals surface area contributed by atoms with Crippen molar-refractivity contribution in [1.82, 2.24) is 5.32 Å². The van der Waals surface area contributed by atoms with Crippen LogP contribution in [0.1, 0.15) is 19.4 Å². The van der Waals surface area contributed by atoms with Crippen molar-refractivity contribution >= 4 is 12.0 Å². The zero-order valence-electron chi connectivity index (χ0n) is 11.5. The predicted octanol–water partition coefficient (Wildman–Crippen LogP) is 1.73. The molecule has 5 heteroatoms. The number of hydrogen-bond donors (Lipinski definition) is 2. The first kappa shape index (κ1) is 14.5. The number of carbonyl (C=O) groups excluding carboxylic acids is 1. The fourth-order valence-electron chi connectivity index (χ4n) is 1.88. The first-order valence-corrected chi connectivity index (χ1v) is 6.56. The normalized spacial score (nSPS) is 16.5. The summed E-state index contributed by atoms with van der Waals surface area (Å²) in [6, 6.07) is 4.05. The molecule has 0 aliphatic carbocycles. The lowest BCUT2D eigenvalue weighted by molar-refractivity contribution is -0.118. The number of halogens is 1. The summed E-state index contributed by atoms with van der Waals surface area (Å²) in [5.41, 5.74) is 1.00. The van der Waals surface area contributed by atoms with Crippen LogP contribution in [0.2, 0.25) is 0 Å². The van der Waals surface area contributed by atoms with Crippen molar-refractivity contribution in [2.75, 3.05) is 13.2 Å². The number of rotatable bonds is 4. The van der Waals surface area contributed by atoms with Gasteiger partial charge in [0.2, 0.25) is 0 Å². The molecule has 108 valence electrons. The molecule has 0 radical (unpaired) electrons. The summed E-state index contributed by atoms with van der Waals surface area (Å²) in [7, 11) is 0. The standard InChI is InChI=1S/C15H18FNO3/c1-9(7-18)10(2)17-15(19)12-5-11-6-13(16)3-4-14(11)20-8-12/h3-6,9-10,18H,7-8H2,1-2H3,(H,17,19). The van der Waals surface area contributed by atoms with Crippen molar-refractivity contribution < 1.29 is 19.0 Å².